The molecule has 0 N–H and O–H groups in total. The Labute approximate surface area is 123 Å². The highest BCUT2D eigenvalue weighted by molar-refractivity contribution is 9.10. The lowest BCUT2D eigenvalue weighted by Gasteiger charge is -2.32. The van der Waals surface area contributed by atoms with Crippen LogP contribution in [0.1, 0.15) is 38.8 Å². The third-order valence-corrected chi connectivity index (χ3v) is 4.61. The molecule has 0 atom stereocenters. The molecule has 1 aliphatic heterocycles. The number of nitriles is 1. The number of hydrogen-bond donors (Lipinski definition) is 0. The van der Waals surface area contributed by atoms with Crippen LogP contribution in [0.2, 0.25) is 0 Å². The fraction of sp³-hybridized carbons (Fsp3) is 0.500. The van der Waals surface area contributed by atoms with Crippen molar-refractivity contribution < 1.29 is 9.31 Å². The molecule has 5 heteroatoms. The fourth-order valence-electron chi connectivity index (χ4n) is 2.01. The van der Waals surface area contributed by atoms with Crippen molar-refractivity contribution in [2.75, 3.05) is 0 Å². The minimum atomic E-state index is -0.309. The summed E-state index contributed by atoms with van der Waals surface area (Å²) in [6, 6.07) is 7.69. The zero-order valence-electron chi connectivity index (χ0n) is 11.7. The maximum absolute atomic E-state index is 8.85. The van der Waals surface area contributed by atoms with E-state index in [4.69, 9.17) is 14.6 Å². The van der Waals surface area contributed by atoms with E-state index in [1.165, 1.54) is 0 Å². The Morgan fingerprint density at radius 2 is 1.79 bits per heavy atom. The van der Waals surface area contributed by atoms with Gasteiger partial charge in [-0.05, 0) is 45.4 Å². The molecule has 19 heavy (non-hydrogen) atoms. The van der Waals surface area contributed by atoms with E-state index in [9.17, 15) is 0 Å². The van der Waals surface area contributed by atoms with Gasteiger partial charge >= 0.3 is 7.12 Å². The van der Waals surface area contributed by atoms with Gasteiger partial charge in [-0.1, -0.05) is 22.0 Å². The minimum Gasteiger partial charge on any atom is -0.403 e. The molecule has 1 aliphatic rings. The molecule has 1 aromatic rings. The van der Waals surface area contributed by atoms with E-state index >= 15 is 0 Å². The van der Waals surface area contributed by atoms with Crippen molar-refractivity contribution in [2.45, 2.75) is 45.2 Å². The third kappa shape index (κ3) is 2.86. The van der Waals surface area contributed by atoms with Crippen LogP contribution >= 0.6 is 15.9 Å². The predicted octanol–water partition coefficient (Wildman–Crippen LogP) is 3.49. The molecular formula is C14H17BBrNO2. The van der Waals surface area contributed by atoms with Gasteiger partial charge in [0.05, 0.1) is 22.8 Å². The van der Waals surface area contributed by atoms with E-state index < -0.39 is 0 Å². The van der Waals surface area contributed by atoms with Gasteiger partial charge in [0, 0.05) is 10.8 Å². The third-order valence-electron chi connectivity index (χ3n) is 3.87. The SMILES string of the molecule is CC1(C)OB(Cc2ccc(C#N)cc2Br)OC1(C)C. The topological polar surface area (TPSA) is 42.2 Å². The maximum atomic E-state index is 8.85. The normalized spacial score (nSPS) is 20.3. The number of rotatable bonds is 2. The summed E-state index contributed by atoms with van der Waals surface area (Å²) in [6.45, 7) is 8.17. The van der Waals surface area contributed by atoms with Crippen LogP contribution in [0.4, 0.5) is 0 Å². The van der Waals surface area contributed by atoms with Crippen LogP contribution < -0.4 is 0 Å². The first-order chi connectivity index (χ1) is 8.75. The molecule has 2 rings (SSSR count). The Balaban J connectivity index is 2.14. The van der Waals surface area contributed by atoms with E-state index in [0.29, 0.717) is 11.9 Å². The molecule has 1 fully saturated rings. The Bertz CT molecular complexity index is 521. The number of nitrogens with zero attached hydrogens (tertiary/aromatic N) is 1. The van der Waals surface area contributed by atoms with Gasteiger partial charge in [-0.15, -0.1) is 0 Å². The van der Waals surface area contributed by atoms with Crippen molar-refractivity contribution in [3.05, 3.63) is 33.8 Å². The Morgan fingerprint density at radius 3 is 2.26 bits per heavy atom. The van der Waals surface area contributed by atoms with Crippen LogP contribution in [0.5, 0.6) is 0 Å². The summed E-state index contributed by atoms with van der Waals surface area (Å²) in [5.41, 5.74) is 1.11. The van der Waals surface area contributed by atoms with E-state index in [1.54, 1.807) is 0 Å². The van der Waals surface area contributed by atoms with Gasteiger partial charge in [-0.3, -0.25) is 0 Å². The van der Waals surface area contributed by atoms with Crippen molar-refractivity contribution in [3.8, 4) is 6.07 Å². The lowest BCUT2D eigenvalue weighted by Crippen LogP contribution is -2.41. The van der Waals surface area contributed by atoms with E-state index in [0.717, 1.165) is 10.0 Å². The molecule has 0 aliphatic carbocycles. The maximum Gasteiger partial charge on any atom is 0.462 e. The van der Waals surface area contributed by atoms with Crippen LogP contribution in [0, 0.1) is 11.3 Å². The lowest BCUT2D eigenvalue weighted by atomic mass is 9.80. The lowest BCUT2D eigenvalue weighted by molar-refractivity contribution is 0.00578. The van der Waals surface area contributed by atoms with Crippen LogP contribution in [0.15, 0.2) is 22.7 Å². The second-order valence-electron chi connectivity index (χ2n) is 5.81. The predicted molar refractivity (Wildman–Crippen MR) is 78.6 cm³/mol. The molecule has 3 nitrogen and oxygen atoms in total. The Hall–Kier alpha value is -0.825. The standard InChI is InChI=1S/C14H17BBrNO2/c1-13(2)14(3,4)19-15(18-13)8-11-6-5-10(9-17)7-12(11)16/h5-7H,8H2,1-4H3. The first-order valence-electron chi connectivity index (χ1n) is 6.29. The van der Waals surface area contributed by atoms with Gasteiger partial charge in [0.2, 0.25) is 0 Å². The number of hydrogen-bond acceptors (Lipinski definition) is 3. The van der Waals surface area contributed by atoms with Gasteiger partial charge in [0.25, 0.3) is 0 Å². The summed E-state index contributed by atoms with van der Waals surface area (Å²) in [5.74, 6) is 0. The van der Waals surface area contributed by atoms with Crippen molar-refractivity contribution in [1.29, 1.82) is 5.26 Å². The van der Waals surface area contributed by atoms with Crippen molar-refractivity contribution in [1.82, 2.24) is 0 Å². The number of halogens is 1. The molecule has 1 heterocycles. The van der Waals surface area contributed by atoms with Gasteiger partial charge in [-0.25, -0.2) is 0 Å². The second-order valence-corrected chi connectivity index (χ2v) is 6.66. The van der Waals surface area contributed by atoms with Crippen molar-refractivity contribution in [2.24, 2.45) is 0 Å². The van der Waals surface area contributed by atoms with E-state index in [1.807, 2.05) is 45.9 Å². The molecule has 0 amide bonds. The average molecular weight is 322 g/mol. The summed E-state index contributed by atoms with van der Waals surface area (Å²) in [5, 5.41) is 8.85. The summed E-state index contributed by atoms with van der Waals surface area (Å²) in [6.07, 6.45) is 0.666. The van der Waals surface area contributed by atoms with Crippen LogP contribution in [0.3, 0.4) is 0 Å². The first kappa shape index (κ1) is 14.6. The summed E-state index contributed by atoms with van der Waals surface area (Å²) < 4.78 is 12.9. The van der Waals surface area contributed by atoms with Crippen molar-refractivity contribution >= 4 is 23.0 Å². The second kappa shape index (κ2) is 4.94. The molecule has 1 saturated heterocycles. The van der Waals surface area contributed by atoms with Gasteiger partial charge in [0.1, 0.15) is 0 Å². The van der Waals surface area contributed by atoms with Crippen LogP contribution in [0.25, 0.3) is 0 Å². The number of benzene rings is 1. The highest BCUT2D eigenvalue weighted by Gasteiger charge is 2.50. The zero-order valence-corrected chi connectivity index (χ0v) is 13.2. The monoisotopic (exact) mass is 321 g/mol. The molecule has 0 aromatic heterocycles. The highest BCUT2D eigenvalue weighted by Crippen LogP contribution is 2.37. The fourth-order valence-corrected chi connectivity index (χ4v) is 2.55. The highest BCUT2D eigenvalue weighted by atomic mass is 79.9. The molecule has 1 aromatic carbocycles. The Kier molecular flexibility index (Phi) is 3.79. The molecular weight excluding hydrogens is 305 g/mol. The molecule has 0 unspecified atom stereocenters. The molecule has 0 spiro atoms. The van der Waals surface area contributed by atoms with Crippen molar-refractivity contribution in [3.63, 3.8) is 0 Å². The van der Waals surface area contributed by atoms with Crippen LogP contribution in [-0.2, 0) is 15.6 Å². The Morgan fingerprint density at radius 1 is 1.21 bits per heavy atom. The van der Waals surface area contributed by atoms with Crippen LogP contribution in [-0.4, -0.2) is 18.3 Å². The zero-order chi connectivity index (χ0) is 14.3. The minimum absolute atomic E-state index is 0.255. The van der Waals surface area contributed by atoms with E-state index in [2.05, 4.69) is 22.0 Å². The molecule has 0 bridgehead atoms. The van der Waals surface area contributed by atoms with Gasteiger partial charge in [-0.2, -0.15) is 5.26 Å². The summed E-state index contributed by atoms with van der Waals surface area (Å²) in [4.78, 5) is 0. The quantitative estimate of drug-likeness (QED) is 0.783. The smallest absolute Gasteiger partial charge is 0.403 e. The van der Waals surface area contributed by atoms with Gasteiger partial charge in [0.15, 0.2) is 0 Å². The first-order valence-corrected chi connectivity index (χ1v) is 7.09. The molecule has 0 saturated carbocycles. The average Bonchev–Trinajstić information content (AvgIpc) is 2.50. The summed E-state index contributed by atoms with van der Waals surface area (Å²) in [7, 11) is -0.255. The molecule has 100 valence electrons. The van der Waals surface area contributed by atoms with Gasteiger partial charge < -0.3 is 9.31 Å². The van der Waals surface area contributed by atoms with E-state index in [-0.39, 0.29) is 18.3 Å². The molecule has 0 radical (unpaired) electrons. The largest absolute Gasteiger partial charge is 0.462 e. The summed E-state index contributed by atoms with van der Waals surface area (Å²) >= 11 is 3.49.